The van der Waals surface area contributed by atoms with Crippen molar-refractivity contribution >= 4 is 34.4 Å². The van der Waals surface area contributed by atoms with Gasteiger partial charge >= 0.3 is 0 Å². The number of ketones is 1. The molecule has 0 saturated carbocycles. The molecule has 1 N–H and O–H groups in total. The van der Waals surface area contributed by atoms with E-state index in [0.29, 0.717) is 5.69 Å². The maximum atomic E-state index is 12.0. The quantitative estimate of drug-likeness (QED) is 0.491. The summed E-state index contributed by atoms with van der Waals surface area (Å²) in [4.78, 5) is 32.3. The number of nitro groups is 2. The van der Waals surface area contributed by atoms with Crippen molar-refractivity contribution in [1.82, 2.24) is 0 Å². The van der Waals surface area contributed by atoms with E-state index in [-0.39, 0.29) is 34.3 Å². The summed E-state index contributed by atoms with van der Waals surface area (Å²) in [5.41, 5.74) is 0.0625. The predicted molar refractivity (Wildman–Crippen MR) is 84.0 cm³/mol. The summed E-state index contributed by atoms with van der Waals surface area (Å²) in [5.74, 6) is -0.383. The first-order valence-corrected chi connectivity index (χ1v) is 6.72. The highest BCUT2D eigenvalue weighted by molar-refractivity contribution is 6.32. The molecule has 9 heteroatoms. The molecule has 0 aliphatic carbocycles. The first-order valence-electron chi connectivity index (χ1n) is 6.34. The van der Waals surface area contributed by atoms with Crippen molar-refractivity contribution in [3.63, 3.8) is 0 Å². The van der Waals surface area contributed by atoms with E-state index in [2.05, 4.69) is 5.32 Å². The Balaban J connectivity index is 2.10. The number of nitro benzene ring substituents is 2. The number of benzene rings is 2. The van der Waals surface area contributed by atoms with Crippen LogP contribution in [0.4, 0.5) is 17.1 Å². The number of nitrogens with zero attached hydrogens (tertiary/aromatic N) is 2. The van der Waals surface area contributed by atoms with E-state index < -0.39 is 9.85 Å². The third-order valence-electron chi connectivity index (χ3n) is 2.97. The summed E-state index contributed by atoms with van der Waals surface area (Å²) < 4.78 is 0. The number of hydrogen-bond acceptors (Lipinski definition) is 6. The number of carbonyl (C=O) groups excluding carboxylic acids is 1. The average Bonchev–Trinajstić information content (AvgIpc) is 2.53. The Kier molecular flexibility index (Phi) is 4.87. The largest absolute Gasteiger partial charge is 0.377 e. The Labute approximate surface area is 135 Å². The smallest absolute Gasteiger partial charge is 0.289 e. The molecule has 0 saturated heterocycles. The summed E-state index contributed by atoms with van der Waals surface area (Å²) in [5, 5.41) is 24.2. The molecule has 0 heterocycles. The molecule has 0 bridgehead atoms. The van der Waals surface area contributed by atoms with Crippen LogP contribution in [0.1, 0.15) is 10.4 Å². The number of rotatable bonds is 6. The zero-order valence-corrected chi connectivity index (χ0v) is 12.3. The lowest BCUT2D eigenvalue weighted by Crippen LogP contribution is -2.14. The molecule has 2 aromatic rings. The molecule has 0 aliphatic heterocycles. The van der Waals surface area contributed by atoms with E-state index in [1.807, 2.05) is 0 Å². The van der Waals surface area contributed by atoms with Gasteiger partial charge < -0.3 is 5.32 Å². The van der Waals surface area contributed by atoms with Crippen LogP contribution >= 0.6 is 11.6 Å². The lowest BCUT2D eigenvalue weighted by atomic mass is 10.1. The number of Topliss-reactive ketones (excluding diaryl/α,β-unsaturated/α-hetero) is 1. The standard InChI is InChI=1S/C14H10ClN3O5/c15-12-5-4-10(7-13(12)18(22)23)16-8-14(19)9-2-1-3-11(6-9)17(20)21/h1-7,16H,8H2. The molecule has 0 unspecified atom stereocenters. The minimum absolute atomic E-state index is 0.00874. The molecule has 0 radical (unpaired) electrons. The molecule has 0 amide bonds. The Hall–Kier alpha value is -3.00. The summed E-state index contributed by atoms with van der Waals surface area (Å²) in [6.45, 7) is -0.167. The molecule has 0 spiro atoms. The molecular weight excluding hydrogens is 326 g/mol. The van der Waals surface area contributed by atoms with Crippen molar-refractivity contribution in [3.8, 4) is 0 Å². The van der Waals surface area contributed by atoms with Gasteiger partial charge in [0.25, 0.3) is 11.4 Å². The molecule has 0 atom stereocenters. The summed E-state index contributed by atoms with van der Waals surface area (Å²) in [6, 6.07) is 9.39. The van der Waals surface area contributed by atoms with E-state index in [1.165, 1.54) is 42.5 Å². The fourth-order valence-corrected chi connectivity index (χ4v) is 2.03. The Bertz CT molecular complexity index is 794. The number of anilines is 1. The molecule has 0 aromatic heterocycles. The van der Waals surface area contributed by atoms with Crippen LogP contribution in [0.5, 0.6) is 0 Å². The highest BCUT2D eigenvalue weighted by Gasteiger charge is 2.14. The second kappa shape index (κ2) is 6.84. The zero-order valence-electron chi connectivity index (χ0n) is 11.6. The van der Waals surface area contributed by atoms with E-state index in [9.17, 15) is 25.0 Å². The van der Waals surface area contributed by atoms with Crippen molar-refractivity contribution in [2.75, 3.05) is 11.9 Å². The molecule has 0 fully saturated rings. The Morgan fingerprint density at radius 2 is 1.83 bits per heavy atom. The Morgan fingerprint density at radius 1 is 1.09 bits per heavy atom. The van der Waals surface area contributed by atoms with Gasteiger partial charge in [0.1, 0.15) is 5.02 Å². The number of carbonyl (C=O) groups is 1. The van der Waals surface area contributed by atoms with Crippen LogP contribution in [-0.2, 0) is 0 Å². The SMILES string of the molecule is O=C(CNc1ccc(Cl)c([N+](=O)[O-])c1)c1cccc([N+](=O)[O-])c1. The van der Waals surface area contributed by atoms with E-state index in [1.54, 1.807) is 0 Å². The van der Waals surface area contributed by atoms with Crippen LogP contribution in [0, 0.1) is 20.2 Å². The summed E-state index contributed by atoms with van der Waals surface area (Å²) in [7, 11) is 0. The third-order valence-corrected chi connectivity index (χ3v) is 3.29. The van der Waals surface area contributed by atoms with Crippen molar-refractivity contribution in [1.29, 1.82) is 0 Å². The average molecular weight is 336 g/mol. The van der Waals surface area contributed by atoms with E-state index >= 15 is 0 Å². The van der Waals surface area contributed by atoms with Crippen LogP contribution in [0.3, 0.4) is 0 Å². The van der Waals surface area contributed by atoms with Crippen molar-refractivity contribution in [3.05, 3.63) is 73.3 Å². The minimum atomic E-state index is -0.629. The molecule has 0 aliphatic rings. The number of non-ortho nitro benzene ring substituents is 1. The lowest BCUT2D eigenvalue weighted by Gasteiger charge is -2.06. The molecule has 8 nitrogen and oxygen atoms in total. The van der Waals surface area contributed by atoms with Gasteiger partial charge in [0.05, 0.1) is 16.4 Å². The highest BCUT2D eigenvalue weighted by Crippen LogP contribution is 2.27. The molecular formula is C14H10ClN3O5. The first kappa shape index (κ1) is 16.4. The van der Waals surface area contributed by atoms with Gasteiger partial charge in [-0.25, -0.2) is 0 Å². The molecule has 23 heavy (non-hydrogen) atoms. The summed E-state index contributed by atoms with van der Waals surface area (Å²) in [6.07, 6.45) is 0. The van der Waals surface area contributed by atoms with Crippen molar-refractivity contribution in [2.24, 2.45) is 0 Å². The van der Waals surface area contributed by atoms with Gasteiger partial charge in [0.2, 0.25) is 0 Å². The van der Waals surface area contributed by atoms with Gasteiger partial charge in [0, 0.05) is 29.4 Å². The fraction of sp³-hybridized carbons (Fsp3) is 0.0714. The van der Waals surface area contributed by atoms with E-state index in [4.69, 9.17) is 11.6 Å². The second-order valence-corrected chi connectivity index (χ2v) is 4.91. The van der Waals surface area contributed by atoms with Crippen LogP contribution < -0.4 is 5.32 Å². The number of hydrogen-bond donors (Lipinski definition) is 1. The van der Waals surface area contributed by atoms with Crippen LogP contribution in [0.25, 0.3) is 0 Å². The molecule has 2 aromatic carbocycles. The fourth-order valence-electron chi connectivity index (χ4n) is 1.84. The third kappa shape index (κ3) is 4.01. The molecule has 2 rings (SSSR count). The van der Waals surface area contributed by atoms with Gasteiger partial charge in [0.15, 0.2) is 5.78 Å². The zero-order chi connectivity index (χ0) is 17.0. The van der Waals surface area contributed by atoms with Crippen molar-refractivity contribution < 1.29 is 14.6 Å². The van der Waals surface area contributed by atoms with Crippen LogP contribution in [0.2, 0.25) is 5.02 Å². The normalized spacial score (nSPS) is 10.1. The van der Waals surface area contributed by atoms with Crippen molar-refractivity contribution in [2.45, 2.75) is 0 Å². The Morgan fingerprint density at radius 3 is 2.48 bits per heavy atom. The monoisotopic (exact) mass is 335 g/mol. The van der Waals surface area contributed by atoms with Gasteiger partial charge in [-0.3, -0.25) is 25.0 Å². The number of halogens is 1. The maximum absolute atomic E-state index is 12.0. The summed E-state index contributed by atoms with van der Waals surface area (Å²) >= 11 is 5.70. The number of nitrogens with one attached hydrogen (secondary N) is 1. The van der Waals surface area contributed by atoms with Crippen LogP contribution in [0.15, 0.2) is 42.5 Å². The van der Waals surface area contributed by atoms with Gasteiger partial charge in [-0.15, -0.1) is 0 Å². The minimum Gasteiger partial charge on any atom is -0.377 e. The van der Waals surface area contributed by atoms with Crippen LogP contribution in [-0.4, -0.2) is 22.2 Å². The van der Waals surface area contributed by atoms with Gasteiger partial charge in [-0.2, -0.15) is 0 Å². The lowest BCUT2D eigenvalue weighted by molar-refractivity contribution is -0.385. The maximum Gasteiger partial charge on any atom is 0.289 e. The van der Waals surface area contributed by atoms with Gasteiger partial charge in [-0.05, 0) is 12.1 Å². The van der Waals surface area contributed by atoms with E-state index in [0.717, 1.165) is 0 Å². The highest BCUT2D eigenvalue weighted by atomic mass is 35.5. The molecule has 118 valence electrons. The topological polar surface area (TPSA) is 115 Å². The second-order valence-electron chi connectivity index (χ2n) is 4.51. The first-order chi connectivity index (χ1) is 10.9. The predicted octanol–water partition coefficient (Wildman–Crippen LogP) is 3.45. The van der Waals surface area contributed by atoms with Gasteiger partial charge in [-0.1, -0.05) is 23.7 Å².